The van der Waals surface area contributed by atoms with E-state index in [1.807, 2.05) is 6.07 Å². The van der Waals surface area contributed by atoms with Crippen LogP contribution in [0.2, 0.25) is 0 Å². The van der Waals surface area contributed by atoms with E-state index in [9.17, 15) is 14.7 Å². The molecular formula is C16H14N2O3S. The smallest absolute Gasteiger partial charge is 0.267 e. The average molecular weight is 314 g/mol. The topological polar surface area (TPSA) is 62.5 Å². The first-order valence-corrected chi connectivity index (χ1v) is 7.52. The maximum Gasteiger partial charge on any atom is 0.267 e. The number of hydrogen-bond donors (Lipinski definition) is 1. The van der Waals surface area contributed by atoms with E-state index in [-0.39, 0.29) is 11.3 Å². The molecule has 0 unspecified atom stereocenters. The van der Waals surface area contributed by atoms with Crippen molar-refractivity contribution in [1.82, 2.24) is 4.57 Å². The maximum absolute atomic E-state index is 12.7. The molecule has 0 aliphatic rings. The highest BCUT2D eigenvalue weighted by atomic mass is 32.1. The maximum atomic E-state index is 12.7. The Morgan fingerprint density at radius 2 is 1.91 bits per heavy atom. The molecule has 1 aromatic carbocycles. The van der Waals surface area contributed by atoms with Gasteiger partial charge in [0, 0.05) is 19.8 Å². The first-order chi connectivity index (χ1) is 10.5. The van der Waals surface area contributed by atoms with Gasteiger partial charge in [-0.05, 0) is 23.6 Å². The van der Waals surface area contributed by atoms with Crippen molar-refractivity contribution in [2.45, 2.75) is 0 Å². The number of pyridine rings is 1. The number of amides is 1. The normalized spacial score (nSPS) is 10.8. The van der Waals surface area contributed by atoms with Crippen LogP contribution in [0.25, 0.3) is 10.2 Å². The standard InChI is InChI=1S/C16H14N2O3S/c1-17(10-6-4-3-5-7-10)15(20)12-13(19)14-11(8-9-22-14)18(2)16(12)21/h3-9,19H,1-2H3. The van der Waals surface area contributed by atoms with Crippen LogP contribution in [-0.4, -0.2) is 22.6 Å². The molecule has 0 radical (unpaired) electrons. The summed E-state index contributed by atoms with van der Waals surface area (Å²) < 4.78 is 1.92. The van der Waals surface area contributed by atoms with Gasteiger partial charge in [-0.2, -0.15) is 0 Å². The fourth-order valence-corrected chi connectivity index (χ4v) is 3.24. The lowest BCUT2D eigenvalue weighted by Gasteiger charge is -2.18. The van der Waals surface area contributed by atoms with Gasteiger partial charge in [0.25, 0.3) is 11.5 Å². The van der Waals surface area contributed by atoms with E-state index in [2.05, 4.69) is 0 Å². The Morgan fingerprint density at radius 3 is 2.59 bits per heavy atom. The predicted molar refractivity (Wildman–Crippen MR) is 87.9 cm³/mol. The number of fused-ring (bicyclic) bond motifs is 1. The molecule has 3 aromatic rings. The number of aromatic hydroxyl groups is 1. The summed E-state index contributed by atoms with van der Waals surface area (Å²) in [6.45, 7) is 0. The number of nitrogens with zero attached hydrogens (tertiary/aromatic N) is 2. The number of carbonyl (C=O) groups is 1. The highest BCUT2D eigenvalue weighted by Crippen LogP contribution is 2.31. The molecule has 112 valence electrons. The molecular weight excluding hydrogens is 300 g/mol. The Morgan fingerprint density at radius 1 is 1.23 bits per heavy atom. The third kappa shape index (κ3) is 2.08. The van der Waals surface area contributed by atoms with Crippen molar-refractivity contribution in [3.05, 3.63) is 57.7 Å². The van der Waals surface area contributed by atoms with Crippen LogP contribution in [0, 0.1) is 0 Å². The van der Waals surface area contributed by atoms with Gasteiger partial charge in [-0.25, -0.2) is 0 Å². The fourth-order valence-electron chi connectivity index (χ4n) is 2.37. The first-order valence-electron chi connectivity index (χ1n) is 6.64. The van der Waals surface area contributed by atoms with Gasteiger partial charge in [-0.15, -0.1) is 11.3 Å². The number of carbonyl (C=O) groups excluding carboxylic acids is 1. The summed E-state index contributed by atoms with van der Waals surface area (Å²) in [5.74, 6) is -0.777. The van der Waals surface area contributed by atoms with Gasteiger partial charge in [0.05, 0.1) is 10.2 Å². The molecule has 2 aromatic heterocycles. The highest BCUT2D eigenvalue weighted by molar-refractivity contribution is 7.17. The first kappa shape index (κ1) is 14.3. The van der Waals surface area contributed by atoms with Crippen molar-refractivity contribution >= 4 is 33.1 Å². The van der Waals surface area contributed by atoms with E-state index >= 15 is 0 Å². The Balaban J connectivity index is 2.18. The molecule has 0 saturated carbocycles. The summed E-state index contributed by atoms with van der Waals surface area (Å²) in [7, 11) is 3.17. The molecule has 0 aliphatic carbocycles. The number of hydrogen-bond acceptors (Lipinski definition) is 4. The summed E-state index contributed by atoms with van der Waals surface area (Å²) >= 11 is 1.30. The van der Waals surface area contributed by atoms with E-state index in [0.717, 1.165) is 0 Å². The van der Waals surface area contributed by atoms with Gasteiger partial charge in [-0.1, -0.05) is 18.2 Å². The zero-order chi connectivity index (χ0) is 15.9. The molecule has 0 atom stereocenters. The number of para-hydroxylation sites is 1. The summed E-state index contributed by atoms with van der Waals surface area (Å²) in [6.07, 6.45) is 0. The van der Waals surface area contributed by atoms with Crippen molar-refractivity contribution in [2.75, 3.05) is 11.9 Å². The molecule has 3 rings (SSSR count). The lowest BCUT2D eigenvalue weighted by molar-refractivity contribution is 0.0989. The molecule has 0 fully saturated rings. The number of aryl methyl sites for hydroxylation is 1. The van der Waals surface area contributed by atoms with E-state index in [4.69, 9.17) is 0 Å². The van der Waals surface area contributed by atoms with E-state index in [0.29, 0.717) is 15.9 Å². The van der Waals surface area contributed by atoms with Gasteiger partial charge in [0.15, 0.2) is 5.75 Å². The third-order valence-corrected chi connectivity index (χ3v) is 4.55. The van der Waals surface area contributed by atoms with Gasteiger partial charge in [0.2, 0.25) is 0 Å². The number of rotatable bonds is 2. The Labute approximate surface area is 130 Å². The second kappa shape index (κ2) is 5.31. The van der Waals surface area contributed by atoms with Crippen LogP contribution < -0.4 is 10.5 Å². The lowest BCUT2D eigenvalue weighted by Crippen LogP contribution is -2.33. The molecule has 0 aliphatic heterocycles. The number of benzene rings is 1. The van der Waals surface area contributed by atoms with Gasteiger partial charge < -0.3 is 14.6 Å². The van der Waals surface area contributed by atoms with Crippen LogP contribution in [0.4, 0.5) is 5.69 Å². The molecule has 0 spiro atoms. The largest absolute Gasteiger partial charge is 0.505 e. The monoisotopic (exact) mass is 314 g/mol. The molecule has 1 N–H and O–H groups in total. The van der Waals surface area contributed by atoms with Gasteiger partial charge in [0.1, 0.15) is 5.56 Å². The van der Waals surface area contributed by atoms with Crippen LogP contribution in [0.15, 0.2) is 46.6 Å². The second-order valence-electron chi connectivity index (χ2n) is 4.92. The molecule has 0 bridgehead atoms. The van der Waals surface area contributed by atoms with Crippen LogP contribution in [0.5, 0.6) is 5.75 Å². The summed E-state index contributed by atoms with van der Waals surface area (Å²) in [5.41, 5.74) is 0.562. The minimum Gasteiger partial charge on any atom is -0.505 e. The fraction of sp³-hybridized carbons (Fsp3) is 0.125. The van der Waals surface area contributed by atoms with E-state index in [1.54, 1.807) is 49.8 Å². The molecule has 5 nitrogen and oxygen atoms in total. The van der Waals surface area contributed by atoms with Crippen LogP contribution in [0.3, 0.4) is 0 Å². The van der Waals surface area contributed by atoms with Crippen molar-refractivity contribution in [1.29, 1.82) is 0 Å². The van der Waals surface area contributed by atoms with Crippen molar-refractivity contribution in [2.24, 2.45) is 7.05 Å². The minimum atomic E-state index is -0.528. The van der Waals surface area contributed by atoms with Gasteiger partial charge >= 0.3 is 0 Å². The predicted octanol–water partition coefficient (Wildman–Crippen LogP) is 2.58. The van der Waals surface area contributed by atoms with Crippen LogP contribution in [-0.2, 0) is 7.05 Å². The zero-order valence-corrected chi connectivity index (χ0v) is 12.9. The summed E-state index contributed by atoms with van der Waals surface area (Å²) in [5, 5.41) is 12.1. The Hall–Kier alpha value is -2.60. The second-order valence-corrected chi connectivity index (χ2v) is 5.84. The summed E-state index contributed by atoms with van der Waals surface area (Å²) in [4.78, 5) is 26.5. The van der Waals surface area contributed by atoms with E-state index < -0.39 is 11.5 Å². The van der Waals surface area contributed by atoms with Crippen molar-refractivity contribution in [3.63, 3.8) is 0 Å². The molecule has 0 saturated heterocycles. The zero-order valence-electron chi connectivity index (χ0n) is 12.1. The Bertz CT molecular complexity index is 912. The SMILES string of the molecule is CN(C(=O)c1c(O)c2sccc2n(C)c1=O)c1ccccc1. The number of aromatic nitrogens is 1. The van der Waals surface area contributed by atoms with Crippen LogP contribution in [0.1, 0.15) is 10.4 Å². The van der Waals surface area contributed by atoms with Crippen molar-refractivity contribution < 1.29 is 9.90 Å². The van der Waals surface area contributed by atoms with E-state index in [1.165, 1.54) is 20.8 Å². The quantitative estimate of drug-likeness (QED) is 0.791. The van der Waals surface area contributed by atoms with Crippen LogP contribution >= 0.6 is 11.3 Å². The third-order valence-electron chi connectivity index (χ3n) is 3.64. The molecule has 1 amide bonds. The molecule has 22 heavy (non-hydrogen) atoms. The average Bonchev–Trinajstić information content (AvgIpc) is 3.03. The summed E-state index contributed by atoms with van der Waals surface area (Å²) in [6, 6.07) is 10.7. The lowest BCUT2D eigenvalue weighted by atomic mass is 10.2. The van der Waals surface area contributed by atoms with Crippen molar-refractivity contribution in [3.8, 4) is 5.75 Å². The van der Waals surface area contributed by atoms with Gasteiger partial charge in [-0.3, -0.25) is 9.59 Å². The Kier molecular flexibility index (Phi) is 3.46. The highest BCUT2D eigenvalue weighted by Gasteiger charge is 2.25. The number of thiophene rings is 1. The molecule has 6 heteroatoms. The number of anilines is 1. The minimum absolute atomic E-state index is 0.205. The molecule has 2 heterocycles.